The van der Waals surface area contributed by atoms with Crippen LogP contribution in [0.2, 0.25) is 0 Å². The van der Waals surface area contributed by atoms with E-state index in [4.69, 9.17) is 0 Å². The van der Waals surface area contributed by atoms with Gasteiger partial charge in [0.25, 0.3) is 11.5 Å². The third-order valence-electron chi connectivity index (χ3n) is 3.89. The van der Waals surface area contributed by atoms with Gasteiger partial charge in [-0.05, 0) is 19.4 Å². The topological polar surface area (TPSA) is 76.9 Å². The summed E-state index contributed by atoms with van der Waals surface area (Å²) in [5.74, 6) is -0.375. The molecule has 0 radical (unpaired) electrons. The van der Waals surface area contributed by atoms with Crippen molar-refractivity contribution in [2.45, 2.75) is 33.2 Å². The number of nitrogens with zero attached hydrogens (tertiary/aromatic N) is 3. The van der Waals surface area contributed by atoms with Crippen molar-refractivity contribution >= 4 is 22.4 Å². The van der Waals surface area contributed by atoms with Crippen molar-refractivity contribution in [2.75, 3.05) is 5.32 Å². The summed E-state index contributed by atoms with van der Waals surface area (Å²) in [5, 5.41) is 9.30. The van der Waals surface area contributed by atoms with Crippen LogP contribution >= 0.6 is 11.3 Å². The normalized spacial score (nSPS) is 10.7. The third kappa shape index (κ3) is 4.23. The predicted octanol–water partition coefficient (Wildman–Crippen LogP) is 3.73. The molecular weight excluding hydrogens is 348 g/mol. The Balaban J connectivity index is 1.74. The smallest absolute Gasteiger partial charge is 0.277 e. The number of aryl methyl sites for hydroxylation is 2. The molecule has 0 aliphatic rings. The highest BCUT2D eigenvalue weighted by molar-refractivity contribution is 7.14. The maximum absolute atomic E-state index is 12.4. The monoisotopic (exact) mass is 368 g/mol. The number of unbranched alkanes of at least 4 members (excludes halogenated alkanes) is 1. The maximum Gasteiger partial charge on any atom is 0.277 e. The van der Waals surface area contributed by atoms with Crippen LogP contribution in [0.5, 0.6) is 0 Å². The van der Waals surface area contributed by atoms with Gasteiger partial charge in [0.05, 0.1) is 5.69 Å². The number of carbonyl (C=O) groups excluding carboxylic acids is 1. The van der Waals surface area contributed by atoms with Crippen LogP contribution < -0.4 is 10.9 Å². The van der Waals surface area contributed by atoms with E-state index in [1.807, 2.05) is 43.5 Å². The lowest BCUT2D eigenvalue weighted by molar-refractivity contribution is 0.101. The summed E-state index contributed by atoms with van der Waals surface area (Å²) in [6.45, 7) is 4.57. The zero-order valence-corrected chi connectivity index (χ0v) is 15.5. The molecule has 0 aliphatic heterocycles. The molecular formula is C19H20N4O2S. The molecule has 7 heteroatoms. The Morgan fingerprint density at radius 3 is 2.69 bits per heavy atom. The van der Waals surface area contributed by atoms with Crippen LogP contribution in [0, 0.1) is 6.92 Å². The molecule has 0 bridgehead atoms. The van der Waals surface area contributed by atoms with E-state index < -0.39 is 0 Å². The minimum Gasteiger partial charge on any atom is -0.296 e. The first kappa shape index (κ1) is 18.0. The van der Waals surface area contributed by atoms with E-state index >= 15 is 0 Å². The molecule has 0 atom stereocenters. The molecule has 0 fully saturated rings. The van der Waals surface area contributed by atoms with Crippen LogP contribution in [0.15, 0.2) is 46.6 Å². The Kier molecular flexibility index (Phi) is 5.58. The summed E-state index contributed by atoms with van der Waals surface area (Å²) in [5.41, 5.74) is 2.99. The first-order valence-electron chi connectivity index (χ1n) is 8.49. The summed E-state index contributed by atoms with van der Waals surface area (Å²) in [6, 6.07) is 10.9. The Hall–Kier alpha value is -2.80. The summed E-state index contributed by atoms with van der Waals surface area (Å²) in [7, 11) is 0. The molecule has 26 heavy (non-hydrogen) atoms. The summed E-state index contributed by atoms with van der Waals surface area (Å²) in [6.07, 6.45) is 1.79. The van der Waals surface area contributed by atoms with Crippen molar-refractivity contribution in [2.24, 2.45) is 0 Å². The molecule has 1 amide bonds. The molecule has 0 spiro atoms. The van der Waals surface area contributed by atoms with Crippen LogP contribution in [0.3, 0.4) is 0 Å². The molecule has 0 unspecified atom stereocenters. The first-order chi connectivity index (χ1) is 12.6. The number of benzene rings is 1. The second-order valence-electron chi connectivity index (χ2n) is 5.99. The number of carbonyl (C=O) groups is 1. The van der Waals surface area contributed by atoms with Crippen molar-refractivity contribution in [1.82, 2.24) is 14.8 Å². The van der Waals surface area contributed by atoms with Crippen LogP contribution in [-0.2, 0) is 6.54 Å². The molecule has 0 aliphatic carbocycles. The summed E-state index contributed by atoms with van der Waals surface area (Å²) >= 11 is 1.35. The number of nitrogens with one attached hydrogen (secondary N) is 1. The highest BCUT2D eigenvalue weighted by Gasteiger charge is 2.13. The van der Waals surface area contributed by atoms with E-state index in [9.17, 15) is 9.59 Å². The fraction of sp³-hybridized carbons (Fsp3) is 0.263. The lowest BCUT2D eigenvalue weighted by atomic mass is 10.1. The zero-order chi connectivity index (χ0) is 18.5. The quantitative estimate of drug-likeness (QED) is 0.719. The van der Waals surface area contributed by atoms with Gasteiger partial charge in [-0.15, -0.1) is 11.3 Å². The second-order valence-corrected chi connectivity index (χ2v) is 6.85. The number of thiazole rings is 1. The average Bonchev–Trinajstić information content (AvgIpc) is 3.10. The van der Waals surface area contributed by atoms with Crippen LogP contribution in [0.4, 0.5) is 5.13 Å². The van der Waals surface area contributed by atoms with Gasteiger partial charge in [0, 0.05) is 23.6 Å². The van der Waals surface area contributed by atoms with Crippen molar-refractivity contribution in [3.63, 3.8) is 0 Å². The van der Waals surface area contributed by atoms with E-state index in [0.717, 1.165) is 24.1 Å². The van der Waals surface area contributed by atoms with E-state index in [1.165, 1.54) is 33.7 Å². The molecule has 0 saturated carbocycles. The minimum atomic E-state index is -0.375. The van der Waals surface area contributed by atoms with E-state index in [-0.39, 0.29) is 17.2 Å². The van der Waals surface area contributed by atoms with Gasteiger partial charge in [-0.25, -0.2) is 9.67 Å². The molecule has 134 valence electrons. The van der Waals surface area contributed by atoms with Gasteiger partial charge in [0.1, 0.15) is 5.69 Å². The molecule has 6 nitrogen and oxygen atoms in total. The number of rotatable bonds is 6. The number of anilines is 1. The van der Waals surface area contributed by atoms with Crippen molar-refractivity contribution in [3.05, 3.63) is 63.4 Å². The average molecular weight is 368 g/mol. The summed E-state index contributed by atoms with van der Waals surface area (Å²) in [4.78, 5) is 28.7. The number of amides is 1. The maximum atomic E-state index is 12.4. The largest absolute Gasteiger partial charge is 0.296 e. The molecule has 1 N–H and O–H groups in total. The van der Waals surface area contributed by atoms with Crippen LogP contribution in [-0.4, -0.2) is 20.7 Å². The molecule has 1 aromatic carbocycles. The first-order valence-corrected chi connectivity index (χ1v) is 9.37. The zero-order valence-electron chi connectivity index (χ0n) is 14.7. The Morgan fingerprint density at radius 2 is 1.96 bits per heavy atom. The fourth-order valence-electron chi connectivity index (χ4n) is 2.39. The van der Waals surface area contributed by atoms with Crippen LogP contribution in [0.25, 0.3) is 11.3 Å². The molecule has 2 aromatic heterocycles. The summed E-state index contributed by atoms with van der Waals surface area (Å²) < 4.78 is 1.33. The lowest BCUT2D eigenvalue weighted by Gasteiger charge is -2.06. The van der Waals surface area contributed by atoms with Crippen molar-refractivity contribution in [3.8, 4) is 11.3 Å². The SMILES string of the molecule is CCCCn1nc(C(=O)Nc2nc(-c3ccc(C)cc3)cs2)ccc1=O. The molecule has 3 aromatic rings. The molecule has 3 rings (SSSR count). The third-order valence-corrected chi connectivity index (χ3v) is 4.65. The standard InChI is InChI=1S/C19H20N4O2S/c1-3-4-11-23-17(24)10-9-15(22-23)18(25)21-19-20-16(12-26-19)14-7-5-13(2)6-8-14/h5-10,12H,3-4,11H2,1-2H3,(H,20,21,25). The van der Waals surface area contributed by atoms with E-state index in [0.29, 0.717) is 11.7 Å². The van der Waals surface area contributed by atoms with Crippen LogP contribution in [0.1, 0.15) is 35.8 Å². The Labute approximate surface area is 155 Å². The highest BCUT2D eigenvalue weighted by atomic mass is 32.1. The second kappa shape index (κ2) is 8.05. The van der Waals surface area contributed by atoms with Gasteiger partial charge in [-0.1, -0.05) is 43.2 Å². The molecule has 2 heterocycles. The number of hydrogen-bond donors (Lipinski definition) is 1. The van der Waals surface area contributed by atoms with Gasteiger partial charge in [-0.2, -0.15) is 5.10 Å². The van der Waals surface area contributed by atoms with Crippen molar-refractivity contribution < 1.29 is 4.79 Å². The van der Waals surface area contributed by atoms with Gasteiger partial charge in [-0.3, -0.25) is 14.9 Å². The van der Waals surface area contributed by atoms with Gasteiger partial charge >= 0.3 is 0 Å². The minimum absolute atomic E-state index is 0.202. The highest BCUT2D eigenvalue weighted by Crippen LogP contribution is 2.25. The van der Waals surface area contributed by atoms with Crippen molar-refractivity contribution in [1.29, 1.82) is 0 Å². The molecule has 0 saturated heterocycles. The number of aromatic nitrogens is 3. The van der Waals surface area contributed by atoms with E-state index in [2.05, 4.69) is 15.4 Å². The lowest BCUT2D eigenvalue weighted by Crippen LogP contribution is -2.26. The predicted molar refractivity (Wildman–Crippen MR) is 104 cm³/mol. The van der Waals surface area contributed by atoms with E-state index in [1.54, 1.807) is 0 Å². The number of hydrogen-bond acceptors (Lipinski definition) is 5. The Morgan fingerprint density at radius 1 is 1.19 bits per heavy atom. The van der Waals surface area contributed by atoms with Gasteiger partial charge in [0.2, 0.25) is 0 Å². The van der Waals surface area contributed by atoms with Gasteiger partial charge in [0.15, 0.2) is 5.13 Å². The Bertz CT molecular complexity index is 960. The van der Waals surface area contributed by atoms with Gasteiger partial charge < -0.3 is 0 Å². The fourth-order valence-corrected chi connectivity index (χ4v) is 3.10.